The molecule has 6 heteroatoms. The van der Waals surface area contributed by atoms with E-state index in [0.29, 0.717) is 43.1 Å². The Morgan fingerprint density at radius 3 is 2.43 bits per heavy atom. The van der Waals surface area contributed by atoms with Crippen LogP contribution >= 0.6 is 34.8 Å². The van der Waals surface area contributed by atoms with E-state index in [0.717, 1.165) is 5.56 Å². The van der Waals surface area contributed by atoms with Gasteiger partial charge in [0.25, 0.3) is 0 Å². The van der Waals surface area contributed by atoms with E-state index in [1.165, 1.54) is 0 Å². The second-order valence-electron chi connectivity index (χ2n) is 6.22. The molecule has 0 saturated carbocycles. The van der Waals surface area contributed by atoms with Crippen molar-refractivity contribution in [3.8, 4) is 22.5 Å². The Morgan fingerprint density at radius 1 is 0.893 bits per heavy atom. The summed E-state index contributed by atoms with van der Waals surface area (Å²) in [7, 11) is 0. The summed E-state index contributed by atoms with van der Waals surface area (Å²) in [4.78, 5) is 4.11. The van der Waals surface area contributed by atoms with Crippen LogP contribution in [0.1, 0.15) is 17.2 Å². The average Bonchev–Trinajstić information content (AvgIpc) is 3.13. The fourth-order valence-electron chi connectivity index (χ4n) is 3.11. The van der Waals surface area contributed by atoms with E-state index in [9.17, 15) is 5.11 Å². The molecule has 2 heterocycles. The molecule has 28 heavy (non-hydrogen) atoms. The van der Waals surface area contributed by atoms with E-state index >= 15 is 0 Å². The summed E-state index contributed by atoms with van der Waals surface area (Å²) >= 11 is 18.6. The number of nitrogens with zero attached hydrogens (tertiary/aromatic N) is 1. The van der Waals surface area contributed by atoms with E-state index < -0.39 is 6.10 Å². The third-order valence-electron chi connectivity index (χ3n) is 4.41. The van der Waals surface area contributed by atoms with Gasteiger partial charge in [0.2, 0.25) is 0 Å². The summed E-state index contributed by atoms with van der Waals surface area (Å²) in [6.07, 6.45) is 3.89. The van der Waals surface area contributed by atoms with Gasteiger partial charge in [0.15, 0.2) is 0 Å². The summed E-state index contributed by atoms with van der Waals surface area (Å²) < 4.78 is 5.89. The van der Waals surface area contributed by atoms with E-state index in [1.54, 1.807) is 61.1 Å². The van der Waals surface area contributed by atoms with Crippen LogP contribution in [0.3, 0.4) is 0 Å². The van der Waals surface area contributed by atoms with E-state index in [1.807, 2.05) is 12.1 Å². The molecule has 0 aliphatic rings. The maximum Gasteiger partial charge on any atom is 0.140 e. The van der Waals surface area contributed by atoms with Crippen molar-refractivity contribution in [1.29, 1.82) is 0 Å². The normalized spacial score (nSPS) is 12.1. The zero-order valence-electron chi connectivity index (χ0n) is 14.4. The van der Waals surface area contributed by atoms with Crippen molar-refractivity contribution >= 4 is 34.8 Å². The smallest absolute Gasteiger partial charge is 0.140 e. The number of hydrogen-bond donors (Lipinski definition) is 1. The van der Waals surface area contributed by atoms with Gasteiger partial charge in [0, 0.05) is 55.3 Å². The van der Waals surface area contributed by atoms with Gasteiger partial charge in [-0.05, 0) is 30.3 Å². The Bertz CT molecular complexity index is 1130. The second kappa shape index (κ2) is 7.98. The number of benzene rings is 2. The molecule has 3 nitrogen and oxygen atoms in total. The lowest BCUT2D eigenvalue weighted by Gasteiger charge is -2.15. The van der Waals surface area contributed by atoms with Crippen LogP contribution in [-0.2, 0) is 0 Å². The highest BCUT2D eigenvalue weighted by Crippen LogP contribution is 2.43. The molecular formula is C22H14Cl3NO2. The number of aromatic nitrogens is 1. The second-order valence-corrected chi connectivity index (χ2v) is 7.50. The topological polar surface area (TPSA) is 46.3 Å². The lowest BCUT2D eigenvalue weighted by molar-refractivity contribution is 0.220. The Labute approximate surface area is 177 Å². The van der Waals surface area contributed by atoms with Gasteiger partial charge < -0.3 is 9.52 Å². The van der Waals surface area contributed by atoms with Gasteiger partial charge in [-0.15, -0.1) is 0 Å². The van der Waals surface area contributed by atoms with Crippen LogP contribution in [-0.4, -0.2) is 10.1 Å². The molecule has 0 saturated heterocycles. The molecule has 1 N–H and O–H groups in total. The van der Waals surface area contributed by atoms with Crippen LogP contribution in [0.25, 0.3) is 22.5 Å². The molecule has 0 spiro atoms. The largest absolute Gasteiger partial charge is 0.463 e. The molecule has 0 aliphatic carbocycles. The monoisotopic (exact) mass is 429 g/mol. The van der Waals surface area contributed by atoms with Gasteiger partial charge in [0.05, 0.1) is 6.26 Å². The van der Waals surface area contributed by atoms with Crippen LogP contribution in [0.2, 0.25) is 15.1 Å². The first kappa shape index (κ1) is 19.0. The quantitative estimate of drug-likeness (QED) is 0.377. The third-order valence-corrected chi connectivity index (χ3v) is 5.19. The molecule has 2 aromatic carbocycles. The number of aliphatic hydroxyl groups is 1. The fourth-order valence-corrected chi connectivity index (χ4v) is 3.81. The average molecular weight is 431 g/mol. The summed E-state index contributed by atoms with van der Waals surface area (Å²) in [6, 6.07) is 16.0. The first-order chi connectivity index (χ1) is 13.5. The number of furan rings is 1. The highest BCUT2D eigenvalue weighted by atomic mass is 35.5. The standard InChI is InChI=1S/C22H14Cl3NO2/c23-15-5-1-3-13(9-15)22-20(21(27)14-4-2-8-26-11-14)18(12-28-22)17-7-6-16(24)10-19(17)25/h1-12,21,27H. The molecule has 0 amide bonds. The molecule has 140 valence electrons. The number of hydrogen-bond acceptors (Lipinski definition) is 3. The molecule has 0 aliphatic heterocycles. The molecule has 0 radical (unpaired) electrons. The molecule has 0 fully saturated rings. The minimum atomic E-state index is -0.969. The first-order valence-corrected chi connectivity index (χ1v) is 9.58. The van der Waals surface area contributed by atoms with Crippen molar-refractivity contribution in [2.45, 2.75) is 6.10 Å². The van der Waals surface area contributed by atoms with Gasteiger partial charge >= 0.3 is 0 Å². The van der Waals surface area contributed by atoms with Gasteiger partial charge in [-0.2, -0.15) is 0 Å². The molecular weight excluding hydrogens is 417 g/mol. The number of rotatable bonds is 4. The van der Waals surface area contributed by atoms with Crippen molar-refractivity contribution in [3.05, 3.63) is 99.4 Å². The van der Waals surface area contributed by atoms with Crippen LogP contribution in [0.4, 0.5) is 0 Å². The van der Waals surface area contributed by atoms with Crippen LogP contribution in [0.5, 0.6) is 0 Å². The van der Waals surface area contributed by atoms with E-state index in [-0.39, 0.29) is 0 Å². The summed E-state index contributed by atoms with van der Waals surface area (Å²) in [5.41, 5.74) is 3.36. The van der Waals surface area contributed by atoms with Crippen molar-refractivity contribution < 1.29 is 9.52 Å². The van der Waals surface area contributed by atoms with E-state index in [2.05, 4.69) is 4.98 Å². The Morgan fingerprint density at radius 2 is 1.71 bits per heavy atom. The highest BCUT2D eigenvalue weighted by molar-refractivity contribution is 6.36. The molecule has 4 rings (SSSR count). The van der Waals surface area contributed by atoms with Crippen molar-refractivity contribution in [1.82, 2.24) is 4.98 Å². The predicted octanol–water partition coefficient (Wildman–Crippen LogP) is 7.05. The van der Waals surface area contributed by atoms with Gasteiger partial charge in [-0.3, -0.25) is 4.98 Å². The summed E-state index contributed by atoms with van der Waals surface area (Å²) in [5.74, 6) is 0.514. The van der Waals surface area contributed by atoms with Crippen LogP contribution in [0.15, 0.2) is 77.7 Å². The zero-order chi connectivity index (χ0) is 19.7. The number of halogens is 3. The summed E-state index contributed by atoms with van der Waals surface area (Å²) in [5, 5.41) is 12.7. The molecule has 1 atom stereocenters. The van der Waals surface area contributed by atoms with Gasteiger partial charge in [0.1, 0.15) is 11.9 Å². The fraction of sp³-hybridized carbons (Fsp3) is 0.0455. The maximum absolute atomic E-state index is 11.2. The van der Waals surface area contributed by atoms with Crippen LogP contribution < -0.4 is 0 Å². The third kappa shape index (κ3) is 3.67. The maximum atomic E-state index is 11.2. The van der Waals surface area contributed by atoms with Gasteiger partial charge in [-0.25, -0.2) is 0 Å². The first-order valence-electron chi connectivity index (χ1n) is 8.45. The molecule has 1 unspecified atom stereocenters. The van der Waals surface area contributed by atoms with Crippen molar-refractivity contribution in [2.24, 2.45) is 0 Å². The number of aliphatic hydroxyl groups excluding tert-OH is 1. The Hall–Kier alpha value is -2.30. The zero-order valence-corrected chi connectivity index (χ0v) is 16.7. The molecule has 2 aromatic heterocycles. The molecule has 4 aromatic rings. The minimum Gasteiger partial charge on any atom is -0.463 e. The minimum absolute atomic E-state index is 0.464. The predicted molar refractivity (Wildman–Crippen MR) is 113 cm³/mol. The van der Waals surface area contributed by atoms with Crippen molar-refractivity contribution in [2.75, 3.05) is 0 Å². The van der Waals surface area contributed by atoms with Gasteiger partial charge in [-0.1, -0.05) is 59.1 Å². The lowest BCUT2D eigenvalue weighted by atomic mass is 9.93. The lowest BCUT2D eigenvalue weighted by Crippen LogP contribution is -2.02. The number of pyridine rings is 1. The SMILES string of the molecule is OC(c1cccnc1)c1c(-c2ccc(Cl)cc2Cl)coc1-c1cccc(Cl)c1. The van der Waals surface area contributed by atoms with Crippen LogP contribution in [0, 0.1) is 0 Å². The highest BCUT2D eigenvalue weighted by Gasteiger charge is 2.25. The van der Waals surface area contributed by atoms with Crippen molar-refractivity contribution in [3.63, 3.8) is 0 Å². The van der Waals surface area contributed by atoms with E-state index in [4.69, 9.17) is 39.2 Å². The Kier molecular flexibility index (Phi) is 5.42. The Balaban J connectivity index is 1.94. The summed E-state index contributed by atoms with van der Waals surface area (Å²) in [6.45, 7) is 0. The molecule has 0 bridgehead atoms.